The molecule has 5 heteroatoms. The second-order valence-corrected chi connectivity index (χ2v) is 5.68. The Labute approximate surface area is 132 Å². The SMILES string of the molecule is COc1ccc(NC(=O)c2cc(N)c(C)cc2C)cc1Br. The van der Waals surface area contributed by atoms with Crippen LogP contribution in [0, 0.1) is 13.8 Å². The number of amides is 1. The number of anilines is 2. The van der Waals surface area contributed by atoms with Crippen molar-refractivity contribution >= 4 is 33.2 Å². The number of methoxy groups -OCH3 is 1. The van der Waals surface area contributed by atoms with Gasteiger partial charge in [-0.25, -0.2) is 0 Å². The number of hydrogen-bond donors (Lipinski definition) is 2. The fourth-order valence-corrected chi connectivity index (χ4v) is 2.60. The molecule has 110 valence electrons. The van der Waals surface area contributed by atoms with E-state index in [4.69, 9.17) is 10.5 Å². The fourth-order valence-electron chi connectivity index (χ4n) is 2.06. The van der Waals surface area contributed by atoms with E-state index in [0.29, 0.717) is 22.7 Å². The Morgan fingerprint density at radius 2 is 1.90 bits per heavy atom. The molecule has 1 amide bonds. The third-order valence-electron chi connectivity index (χ3n) is 3.27. The van der Waals surface area contributed by atoms with Crippen LogP contribution in [0.5, 0.6) is 5.75 Å². The Balaban J connectivity index is 2.26. The molecule has 0 aliphatic heterocycles. The van der Waals surface area contributed by atoms with Crippen LogP contribution >= 0.6 is 15.9 Å². The van der Waals surface area contributed by atoms with Crippen LogP contribution in [0.2, 0.25) is 0 Å². The van der Waals surface area contributed by atoms with E-state index in [1.165, 1.54) is 0 Å². The third kappa shape index (κ3) is 3.36. The molecule has 0 aliphatic rings. The molecule has 3 N–H and O–H groups in total. The number of nitrogens with one attached hydrogen (secondary N) is 1. The molecule has 0 spiro atoms. The number of carbonyl (C=O) groups excluding carboxylic acids is 1. The van der Waals surface area contributed by atoms with Crippen LogP contribution in [-0.4, -0.2) is 13.0 Å². The lowest BCUT2D eigenvalue weighted by atomic mass is 10.0. The highest BCUT2D eigenvalue weighted by molar-refractivity contribution is 9.10. The van der Waals surface area contributed by atoms with Gasteiger partial charge in [0, 0.05) is 16.9 Å². The number of aryl methyl sites for hydroxylation is 2. The van der Waals surface area contributed by atoms with Crippen molar-refractivity contribution in [1.29, 1.82) is 0 Å². The quantitative estimate of drug-likeness (QED) is 0.826. The van der Waals surface area contributed by atoms with E-state index in [9.17, 15) is 4.79 Å². The van der Waals surface area contributed by atoms with Crippen LogP contribution in [0.15, 0.2) is 34.8 Å². The first kappa shape index (κ1) is 15.4. The molecule has 21 heavy (non-hydrogen) atoms. The number of hydrogen-bond acceptors (Lipinski definition) is 3. The summed E-state index contributed by atoms with van der Waals surface area (Å²) in [6.45, 7) is 3.82. The largest absolute Gasteiger partial charge is 0.496 e. The number of rotatable bonds is 3. The molecule has 0 aliphatic carbocycles. The first-order valence-corrected chi connectivity index (χ1v) is 7.23. The van der Waals surface area contributed by atoms with Gasteiger partial charge in [0.05, 0.1) is 11.6 Å². The second-order valence-electron chi connectivity index (χ2n) is 4.83. The predicted octanol–water partition coefficient (Wildman–Crippen LogP) is 3.91. The first-order chi connectivity index (χ1) is 9.92. The van der Waals surface area contributed by atoms with Gasteiger partial charge in [-0.05, 0) is 65.2 Å². The van der Waals surface area contributed by atoms with Gasteiger partial charge in [-0.1, -0.05) is 6.07 Å². The predicted molar refractivity (Wildman–Crippen MR) is 89.0 cm³/mol. The van der Waals surface area contributed by atoms with Crippen molar-refractivity contribution in [3.8, 4) is 5.75 Å². The van der Waals surface area contributed by atoms with Crippen LogP contribution in [0.3, 0.4) is 0 Å². The average molecular weight is 349 g/mol. The summed E-state index contributed by atoms with van der Waals surface area (Å²) < 4.78 is 5.94. The molecule has 2 aromatic carbocycles. The van der Waals surface area contributed by atoms with Gasteiger partial charge in [0.2, 0.25) is 0 Å². The zero-order chi connectivity index (χ0) is 15.6. The van der Waals surface area contributed by atoms with Crippen molar-refractivity contribution in [2.45, 2.75) is 13.8 Å². The number of ether oxygens (including phenoxy) is 1. The third-order valence-corrected chi connectivity index (χ3v) is 3.89. The number of benzene rings is 2. The molecule has 2 rings (SSSR count). The number of halogens is 1. The lowest BCUT2D eigenvalue weighted by molar-refractivity contribution is 0.102. The van der Waals surface area contributed by atoms with E-state index in [-0.39, 0.29) is 5.91 Å². The van der Waals surface area contributed by atoms with Crippen molar-refractivity contribution in [1.82, 2.24) is 0 Å². The summed E-state index contributed by atoms with van der Waals surface area (Å²) in [6.07, 6.45) is 0. The monoisotopic (exact) mass is 348 g/mol. The fraction of sp³-hybridized carbons (Fsp3) is 0.188. The first-order valence-electron chi connectivity index (χ1n) is 6.44. The maximum absolute atomic E-state index is 12.4. The molecule has 0 atom stereocenters. The molecule has 0 aromatic heterocycles. The Bertz CT molecular complexity index is 699. The smallest absolute Gasteiger partial charge is 0.256 e. The van der Waals surface area contributed by atoms with Crippen molar-refractivity contribution in [3.63, 3.8) is 0 Å². The Hall–Kier alpha value is -2.01. The highest BCUT2D eigenvalue weighted by atomic mass is 79.9. The summed E-state index contributed by atoms with van der Waals surface area (Å²) in [5.74, 6) is 0.528. The van der Waals surface area contributed by atoms with Crippen LogP contribution in [0.1, 0.15) is 21.5 Å². The summed E-state index contributed by atoms with van der Waals surface area (Å²) in [5, 5.41) is 2.86. The van der Waals surface area contributed by atoms with E-state index >= 15 is 0 Å². The lowest BCUT2D eigenvalue weighted by Crippen LogP contribution is -2.14. The summed E-state index contributed by atoms with van der Waals surface area (Å²) in [6, 6.07) is 8.99. The minimum Gasteiger partial charge on any atom is -0.496 e. The summed E-state index contributed by atoms with van der Waals surface area (Å²) in [5.41, 5.74) is 9.62. The van der Waals surface area contributed by atoms with Gasteiger partial charge in [0.15, 0.2) is 0 Å². The Morgan fingerprint density at radius 3 is 2.52 bits per heavy atom. The van der Waals surface area contributed by atoms with Gasteiger partial charge >= 0.3 is 0 Å². The minimum absolute atomic E-state index is 0.184. The number of nitrogens with two attached hydrogens (primary N) is 1. The maximum atomic E-state index is 12.4. The van der Waals surface area contributed by atoms with Crippen molar-refractivity contribution in [2.75, 3.05) is 18.2 Å². The Kier molecular flexibility index (Phi) is 4.53. The molecule has 0 saturated heterocycles. The molecule has 0 unspecified atom stereocenters. The molecule has 2 aromatic rings. The lowest BCUT2D eigenvalue weighted by Gasteiger charge is -2.11. The zero-order valence-corrected chi connectivity index (χ0v) is 13.7. The summed E-state index contributed by atoms with van der Waals surface area (Å²) in [4.78, 5) is 12.4. The van der Waals surface area contributed by atoms with Gasteiger partial charge in [-0.15, -0.1) is 0 Å². The summed E-state index contributed by atoms with van der Waals surface area (Å²) in [7, 11) is 1.59. The van der Waals surface area contributed by atoms with Gasteiger partial charge in [0.1, 0.15) is 5.75 Å². The second kappa shape index (κ2) is 6.18. The van der Waals surface area contributed by atoms with Gasteiger partial charge in [0.25, 0.3) is 5.91 Å². The normalized spacial score (nSPS) is 10.3. The standard InChI is InChI=1S/C16H17BrN2O2/c1-9-6-10(2)14(18)8-12(9)16(20)19-11-4-5-15(21-3)13(17)7-11/h4-8H,18H2,1-3H3,(H,19,20). The van der Waals surface area contributed by atoms with E-state index in [1.807, 2.05) is 19.9 Å². The average Bonchev–Trinajstić information content (AvgIpc) is 2.43. The van der Waals surface area contributed by atoms with Crippen LogP contribution < -0.4 is 15.8 Å². The number of carbonyl (C=O) groups is 1. The van der Waals surface area contributed by atoms with E-state index < -0.39 is 0 Å². The van der Waals surface area contributed by atoms with Crippen molar-refractivity contribution < 1.29 is 9.53 Å². The molecule has 0 saturated carbocycles. The topological polar surface area (TPSA) is 64.3 Å². The van der Waals surface area contributed by atoms with Gasteiger partial charge in [-0.3, -0.25) is 4.79 Å². The highest BCUT2D eigenvalue weighted by Crippen LogP contribution is 2.28. The Morgan fingerprint density at radius 1 is 1.19 bits per heavy atom. The van der Waals surface area contributed by atoms with Crippen molar-refractivity contribution in [3.05, 3.63) is 51.5 Å². The highest BCUT2D eigenvalue weighted by Gasteiger charge is 2.12. The molecule has 0 heterocycles. The number of nitrogen functional groups attached to an aromatic ring is 1. The van der Waals surface area contributed by atoms with Crippen LogP contribution in [-0.2, 0) is 0 Å². The molecular weight excluding hydrogens is 332 g/mol. The van der Waals surface area contributed by atoms with Gasteiger partial charge < -0.3 is 15.8 Å². The molecular formula is C16H17BrN2O2. The van der Waals surface area contributed by atoms with Crippen molar-refractivity contribution in [2.24, 2.45) is 0 Å². The summed E-state index contributed by atoms with van der Waals surface area (Å²) >= 11 is 3.39. The van der Waals surface area contributed by atoms with E-state index in [2.05, 4.69) is 21.2 Å². The minimum atomic E-state index is -0.184. The van der Waals surface area contributed by atoms with Crippen LogP contribution in [0.4, 0.5) is 11.4 Å². The van der Waals surface area contributed by atoms with E-state index in [0.717, 1.165) is 15.6 Å². The molecule has 0 radical (unpaired) electrons. The molecule has 0 bridgehead atoms. The zero-order valence-electron chi connectivity index (χ0n) is 12.2. The van der Waals surface area contributed by atoms with Crippen LogP contribution in [0.25, 0.3) is 0 Å². The van der Waals surface area contributed by atoms with E-state index in [1.54, 1.807) is 31.4 Å². The molecule has 4 nitrogen and oxygen atoms in total. The molecule has 0 fully saturated rings. The maximum Gasteiger partial charge on any atom is 0.256 e. The van der Waals surface area contributed by atoms with Gasteiger partial charge in [-0.2, -0.15) is 0 Å².